The average Bonchev–Trinajstić information content (AvgIpc) is 2.56. The zero-order chi connectivity index (χ0) is 12.7. The number of Topliss-reactive ketones (excluding diaryl/α,β-unsaturated/α-hetero) is 1. The maximum Gasteiger partial charge on any atom is 0.164 e. The van der Waals surface area contributed by atoms with Gasteiger partial charge in [0.1, 0.15) is 23.7 Å². The predicted molar refractivity (Wildman–Crippen MR) is 62.3 cm³/mol. The number of ketones is 1. The minimum Gasteiger partial charge on any atom is -0.507 e. The second-order valence-electron chi connectivity index (χ2n) is 4.26. The molecular weight excluding hydrogens is 220 g/mol. The molecular formula is C13H14O4. The van der Waals surface area contributed by atoms with E-state index >= 15 is 0 Å². The van der Waals surface area contributed by atoms with E-state index in [4.69, 9.17) is 4.74 Å². The maximum atomic E-state index is 11.5. The van der Waals surface area contributed by atoms with Crippen LogP contribution >= 0.6 is 0 Å². The summed E-state index contributed by atoms with van der Waals surface area (Å²) >= 11 is 0. The van der Waals surface area contributed by atoms with Crippen molar-refractivity contribution in [1.29, 1.82) is 0 Å². The number of phenols is 1. The number of hydrogen-bond donors (Lipinski definition) is 2. The quantitative estimate of drug-likeness (QED) is 0.606. The summed E-state index contributed by atoms with van der Waals surface area (Å²) in [5.74, 6) is -0.0147. The molecule has 0 aliphatic carbocycles. The average molecular weight is 234 g/mol. The fourth-order valence-corrected chi connectivity index (χ4v) is 2.08. The Balaban J connectivity index is 2.60. The smallest absolute Gasteiger partial charge is 0.164 e. The summed E-state index contributed by atoms with van der Waals surface area (Å²) < 4.78 is 5.51. The van der Waals surface area contributed by atoms with Crippen LogP contribution in [-0.4, -0.2) is 22.1 Å². The molecule has 4 heteroatoms. The fraction of sp³-hybridized carbons (Fsp3) is 0.308. The van der Waals surface area contributed by atoms with E-state index in [0.29, 0.717) is 16.9 Å². The molecule has 1 aliphatic rings. The van der Waals surface area contributed by atoms with Gasteiger partial charge >= 0.3 is 0 Å². The van der Waals surface area contributed by atoms with Crippen LogP contribution < -0.4 is 4.74 Å². The van der Waals surface area contributed by atoms with Gasteiger partial charge in [0, 0.05) is 5.56 Å². The molecule has 90 valence electrons. The second kappa shape index (κ2) is 3.89. The van der Waals surface area contributed by atoms with Crippen molar-refractivity contribution in [2.45, 2.75) is 26.1 Å². The van der Waals surface area contributed by atoms with Gasteiger partial charge in [-0.15, -0.1) is 0 Å². The van der Waals surface area contributed by atoms with Gasteiger partial charge < -0.3 is 14.9 Å². The predicted octanol–water partition coefficient (Wildman–Crippen LogP) is 1.97. The SMILES string of the molecule is C=C(C)[C@@H]1Oc2ccc(O)c(C(C)=O)c2[C@H]1O. The monoisotopic (exact) mass is 234 g/mol. The normalized spacial score (nSPS) is 21.8. The van der Waals surface area contributed by atoms with Crippen molar-refractivity contribution in [2.24, 2.45) is 0 Å². The highest BCUT2D eigenvalue weighted by Crippen LogP contribution is 2.43. The van der Waals surface area contributed by atoms with Crippen molar-refractivity contribution in [3.8, 4) is 11.5 Å². The first kappa shape index (κ1) is 11.7. The van der Waals surface area contributed by atoms with Crippen LogP contribution in [0.5, 0.6) is 11.5 Å². The van der Waals surface area contributed by atoms with Gasteiger partial charge in [0.2, 0.25) is 0 Å². The number of rotatable bonds is 2. The van der Waals surface area contributed by atoms with Gasteiger partial charge in [-0.25, -0.2) is 0 Å². The second-order valence-corrected chi connectivity index (χ2v) is 4.26. The van der Waals surface area contributed by atoms with Gasteiger partial charge in [-0.2, -0.15) is 0 Å². The van der Waals surface area contributed by atoms with Crippen LogP contribution in [-0.2, 0) is 0 Å². The summed E-state index contributed by atoms with van der Waals surface area (Å²) in [6, 6.07) is 2.94. The molecule has 1 aliphatic heterocycles. The van der Waals surface area contributed by atoms with Crippen molar-refractivity contribution in [3.05, 3.63) is 35.4 Å². The van der Waals surface area contributed by atoms with Crippen LogP contribution in [0.3, 0.4) is 0 Å². The summed E-state index contributed by atoms with van der Waals surface area (Å²) in [6.07, 6.45) is -1.53. The van der Waals surface area contributed by atoms with Crippen LogP contribution in [0.1, 0.15) is 35.9 Å². The molecule has 0 saturated carbocycles. The van der Waals surface area contributed by atoms with Crippen molar-refractivity contribution in [3.63, 3.8) is 0 Å². The van der Waals surface area contributed by atoms with E-state index in [2.05, 4.69) is 6.58 Å². The Labute approximate surface area is 99.2 Å². The minimum atomic E-state index is -0.964. The number of hydrogen-bond acceptors (Lipinski definition) is 4. The fourth-order valence-electron chi connectivity index (χ4n) is 2.08. The molecule has 2 N–H and O–H groups in total. The molecule has 0 spiro atoms. The molecule has 0 fully saturated rings. The molecule has 0 amide bonds. The van der Waals surface area contributed by atoms with Crippen molar-refractivity contribution in [2.75, 3.05) is 0 Å². The first-order valence-corrected chi connectivity index (χ1v) is 5.30. The lowest BCUT2D eigenvalue weighted by Crippen LogP contribution is -2.19. The Kier molecular flexibility index (Phi) is 2.67. The molecule has 0 bridgehead atoms. The van der Waals surface area contributed by atoms with E-state index in [1.165, 1.54) is 13.0 Å². The van der Waals surface area contributed by atoms with E-state index in [1.54, 1.807) is 13.0 Å². The lowest BCUT2D eigenvalue weighted by atomic mass is 9.95. The number of aliphatic hydroxyl groups is 1. The summed E-state index contributed by atoms with van der Waals surface area (Å²) in [7, 11) is 0. The number of benzene rings is 1. The number of ether oxygens (including phenoxy) is 1. The molecule has 2 atom stereocenters. The number of aliphatic hydroxyl groups excluding tert-OH is 1. The van der Waals surface area contributed by atoms with Crippen molar-refractivity contribution >= 4 is 5.78 Å². The maximum absolute atomic E-state index is 11.5. The topological polar surface area (TPSA) is 66.8 Å². The highest BCUT2D eigenvalue weighted by molar-refractivity contribution is 5.99. The molecule has 0 radical (unpaired) electrons. The molecule has 1 aromatic carbocycles. The van der Waals surface area contributed by atoms with Gasteiger partial charge in [-0.1, -0.05) is 6.58 Å². The van der Waals surface area contributed by atoms with Crippen molar-refractivity contribution < 1.29 is 19.7 Å². The molecule has 0 unspecified atom stereocenters. The van der Waals surface area contributed by atoms with Crippen LogP contribution in [0.25, 0.3) is 0 Å². The third-order valence-corrected chi connectivity index (χ3v) is 2.86. The third-order valence-electron chi connectivity index (χ3n) is 2.86. The molecule has 4 nitrogen and oxygen atoms in total. The van der Waals surface area contributed by atoms with E-state index in [0.717, 1.165) is 0 Å². The third kappa shape index (κ3) is 1.70. The Morgan fingerprint density at radius 3 is 2.59 bits per heavy atom. The van der Waals surface area contributed by atoms with E-state index in [9.17, 15) is 15.0 Å². The van der Waals surface area contributed by atoms with Gasteiger partial charge in [-0.3, -0.25) is 4.79 Å². The van der Waals surface area contributed by atoms with Gasteiger partial charge in [-0.05, 0) is 31.6 Å². The molecule has 2 rings (SSSR count). The summed E-state index contributed by atoms with van der Waals surface area (Å²) in [5.41, 5.74) is 1.15. The Bertz CT molecular complexity index is 504. The number of carbonyl (C=O) groups is 1. The Hall–Kier alpha value is -1.81. The van der Waals surface area contributed by atoms with Gasteiger partial charge in [0.25, 0.3) is 0 Å². The largest absolute Gasteiger partial charge is 0.507 e. The Morgan fingerprint density at radius 1 is 1.41 bits per heavy atom. The zero-order valence-electron chi connectivity index (χ0n) is 9.73. The number of phenolic OH excluding ortho intramolecular Hbond substituents is 1. The van der Waals surface area contributed by atoms with Crippen LogP contribution in [0.15, 0.2) is 24.3 Å². The molecule has 1 aromatic rings. The van der Waals surface area contributed by atoms with Gasteiger partial charge in [0.05, 0.1) is 5.56 Å². The highest BCUT2D eigenvalue weighted by atomic mass is 16.5. The van der Waals surface area contributed by atoms with Crippen LogP contribution in [0.2, 0.25) is 0 Å². The lowest BCUT2D eigenvalue weighted by molar-refractivity contribution is 0.0880. The van der Waals surface area contributed by atoms with Gasteiger partial charge in [0.15, 0.2) is 5.78 Å². The number of aromatic hydroxyl groups is 1. The lowest BCUT2D eigenvalue weighted by Gasteiger charge is -2.14. The number of fused-ring (bicyclic) bond motifs is 1. The summed E-state index contributed by atoms with van der Waals surface area (Å²) in [4.78, 5) is 11.5. The highest BCUT2D eigenvalue weighted by Gasteiger charge is 2.37. The summed E-state index contributed by atoms with van der Waals surface area (Å²) in [6.45, 7) is 6.82. The van der Waals surface area contributed by atoms with E-state index in [1.807, 2.05) is 0 Å². The van der Waals surface area contributed by atoms with E-state index < -0.39 is 12.2 Å². The summed E-state index contributed by atoms with van der Waals surface area (Å²) in [5, 5.41) is 19.8. The standard InChI is InChI=1S/C13H14O4/c1-6(2)13-12(16)11-9(17-13)5-4-8(15)10(11)7(3)14/h4-5,12-13,15-16H,1H2,2-3H3/t12-,13+/m1/s1. The van der Waals surface area contributed by atoms with E-state index in [-0.39, 0.29) is 17.1 Å². The molecule has 0 aromatic heterocycles. The molecule has 0 saturated heterocycles. The Morgan fingerprint density at radius 2 is 2.06 bits per heavy atom. The first-order chi connectivity index (χ1) is 7.93. The zero-order valence-corrected chi connectivity index (χ0v) is 9.73. The first-order valence-electron chi connectivity index (χ1n) is 5.30. The molecule has 1 heterocycles. The van der Waals surface area contributed by atoms with Crippen LogP contribution in [0.4, 0.5) is 0 Å². The molecule has 17 heavy (non-hydrogen) atoms. The van der Waals surface area contributed by atoms with Crippen molar-refractivity contribution in [1.82, 2.24) is 0 Å². The van der Waals surface area contributed by atoms with Crippen LogP contribution in [0, 0.1) is 0 Å². The number of carbonyl (C=O) groups excluding carboxylic acids is 1. The minimum absolute atomic E-state index is 0.124.